The Kier molecular flexibility index (Phi) is 24.7. The first kappa shape index (κ1) is 71.1. The minimum absolute atomic E-state index is 0.113. The largest absolute Gasteiger partial charge is 0.508 e. The lowest BCUT2D eigenvalue weighted by atomic mass is 9.95. The summed E-state index contributed by atoms with van der Waals surface area (Å²) < 4.78 is 83.7. The number of phenols is 2. The van der Waals surface area contributed by atoms with Crippen LogP contribution in [0.4, 0.5) is 0 Å². The Labute approximate surface area is 522 Å². The van der Waals surface area contributed by atoms with Crippen LogP contribution in [-0.4, -0.2) is 288 Å². The highest BCUT2D eigenvalue weighted by Crippen LogP contribution is 2.43. The molecule has 33 nitrogen and oxygen atoms in total. The number of esters is 5. The van der Waals surface area contributed by atoms with Crippen molar-refractivity contribution >= 4 is 42.0 Å². The summed E-state index contributed by atoms with van der Waals surface area (Å²) in [4.78, 5) is 67.3. The van der Waals surface area contributed by atoms with Crippen LogP contribution in [0.1, 0.15) is 35.3 Å². The third kappa shape index (κ3) is 17.1. The van der Waals surface area contributed by atoms with E-state index in [1.807, 2.05) is 0 Å². The Hall–Kier alpha value is -6.75. The average molecular weight is 1310 g/mol. The van der Waals surface area contributed by atoms with Crippen molar-refractivity contribution in [1.82, 2.24) is 0 Å². The summed E-state index contributed by atoms with van der Waals surface area (Å²) in [6, 6.07) is 17.9. The van der Waals surface area contributed by atoms with Gasteiger partial charge in [0.25, 0.3) is 0 Å². The van der Waals surface area contributed by atoms with E-state index in [2.05, 4.69) is 0 Å². The zero-order valence-electron chi connectivity index (χ0n) is 48.9. The molecule has 0 bridgehead atoms. The number of ether oxygens (including phenoxy) is 14. The minimum atomic E-state index is -3.00. The fraction of sp³-hybridized carbons (Fsp3) is 0.542. The van der Waals surface area contributed by atoms with E-state index in [1.54, 1.807) is 6.07 Å². The molecular formula is C59H72O33. The molecule has 5 fully saturated rings. The summed E-state index contributed by atoms with van der Waals surface area (Å²) in [6.07, 6.45) is -45.5. The third-order valence-corrected chi connectivity index (χ3v) is 15.2. The summed E-state index contributed by atoms with van der Waals surface area (Å²) in [7, 11) is 0. The average Bonchev–Trinajstić information content (AvgIpc) is 1.41. The number of aliphatic hydroxyl groups excluding tert-OH is 12. The number of aromatic hydroxyl groups is 2. The van der Waals surface area contributed by atoms with Crippen LogP contribution in [0.2, 0.25) is 0 Å². The molecule has 5 aliphatic rings. The molecule has 5 saturated heterocycles. The topological polar surface area (TPSA) is 498 Å². The first-order valence-electron chi connectivity index (χ1n) is 28.6. The van der Waals surface area contributed by atoms with Crippen LogP contribution in [0.25, 0.3) is 12.2 Å². The fourth-order valence-corrected chi connectivity index (χ4v) is 10.3. The number of rotatable bonds is 24. The number of hydrogen-bond acceptors (Lipinski definition) is 33. The summed E-state index contributed by atoms with van der Waals surface area (Å²) in [5, 5.41) is 153. The van der Waals surface area contributed by atoms with E-state index in [4.69, 9.17) is 66.3 Å². The summed E-state index contributed by atoms with van der Waals surface area (Å²) in [5.41, 5.74) is 0.509. The van der Waals surface area contributed by atoms with Crippen LogP contribution in [0, 0.1) is 0 Å². The predicted octanol–water partition coefficient (Wildman–Crippen LogP) is -4.98. The number of hydrogen-bond donors (Lipinski definition) is 14. The molecule has 3 aromatic carbocycles. The summed E-state index contributed by atoms with van der Waals surface area (Å²) in [5.74, 6) is -8.95. The van der Waals surface area contributed by atoms with Crippen molar-refractivity contribution in [1.29, 1.82) is 0 Å². The van der Waals surface area contributed by atoms with Gasteiger partial charge in [0.15, 0.2) is 37.4 Å². The van der Waals surface area contributed by atoms with Crippen LogP contribution in [0.15, 0.2) is 91.0 Å². The zero-order chi connectivity index (χ0) is 66.7. The molecule has 33 heteroatoms. The molecule has 14 N–H and O–H groups in total. The van der Waals surface area contributed by atoms with Crippen molar-refractivity contribution in [3.8, 4) is 11.5 Å². The highest BCUT2D eigenvalue weighted by molar-refractivity contribution is 5.90. The Balaban J connectivity index is 1.30. The van der Waals surface area contributed by atoms with E-state index < -0.39 is 216 Å². The molecule has 3 aromatic rings. The van der Waals surface area contributed by atoms with Crippen molar-refractivity contribution in [2.75, 3.05) is 39.6 Å². The lowest BCUT2D eigenvalue weighted by molar-refractivity contribution is -0.423. The molecule has 5 heterocycles. The van der Waals surface area contributed by atoms with Crippen molar-refractivity contribution in [2.24, 2.45) is 0 Å². The van der Waals surface area contributed by atoms with Gasteiger partial charge in [0.05, 0.1) is 25.4 Å². The number of phenolic OH excluding ortho intramolecular Hbond substituents is 2. The molecule has 0 amide bonds. The lowest BCUT2D eigenvalue weighted by Crippen LogP contribution is -2.69. The molecule has 506 valence electrons. The predicted molar refractivity (Wildman–Crippen MR) is 297 cm³/mol. The Morgan fingerprint density at radius 3 is 1.45 bits per heavy atom. The monoisotopic (exact) mass is 1310 g/mol. The van der Waals surface area contributed by atoms with E-state index >= 15 is 0 Å². The Morgan fingerprint density at radius 1 is 0.457 bits per heavy atom. The number of aliphatic hydroxyl groups is 12. The maximum atomic E-state index is 14.3. The number of carbonyl (C=O) groups is 5. The van der Waals surface area contributed by atoms with E-state index in [9.17, 15) is 95.5 Å². The van der Waals surface area contributed by atoms with E-state index in [1.165, 1.54) is 84.9 Å². The third-order valence-electron chi connectivity index (χ3n) is 15.2. The molecule has 0 aliphatic carbocycles. The second-order valence-electron chi connectivity index (χ2n) is 21.7. The Morgan fingerprint density at radius 2 is 0.924 bits per heavy atom. The smallest absolute Gasteiger partial charge is 0.338 e. The number of carbonyl (C=O) groups excluding carboxylic acids is 5. The van der Waals surface area contributed by atoms with Crippen LogP contribution >= 0.6 is 0 Å². The van der Waals surface area contributed by atoms with Crippen LogP contribution in [0.5, 0.6) is 11.5 Å². The van der Waals surface area contributed by atoms with Gasteiger partial charge in [-0.25, -0.2) is 14.4 Å². The second kappa shape index (κ2) is 31.9. The molecule has 0 aromatic heterocycles. The van der Waals surface area contributed by atoms with Gasteiger partial charge in [-0.2, -0.15) is 0 Å². The quantitative estimate of drug-likeness (QED) is 0.0227. The van der Waals surface area contributed by atoms with Crippen molar-refractivity contribution < 1.29 is 162 Å². The summed E-state index contributed by atoms with van der Waals surface area (Å²) >= 11 is 0. The second-order valence-corrected chi connectivity index (χ2v) is 21.7. The molecule has 8 rings (SSSR count). The van der Waals surface area contributed by atoms with Gasteiger partial charge in [-0.05, 0) is 59.7 Å². The summed E-state index contributed by atoms with van der Waals surface area (Å²) in [6.45, 7) is -4.44. The van der Waals surface area contributed by atoms with Crippen molar-refractivity contribution in [3.05, 3.63) is 108 Å². The molecule has 0 spiro atoms. The van der Waals surface area contributed by atoms with Gasteiger partial charge in [0.1, 0.15) is 135 Å². The standard InChI is InChI=1S/C59H72O33/c1-26(63)79-23-36-42(71)50(87-55-46(75)44(73)40(69)33(20-60)82-55)48(77)57(84-36)88-51-49(86-39(68)19-13-29-10-16-32(66)17-11-29)37(24-80-27(2)64)85-58(52(51)89-56-47(76)45(74)41(70)34(21-61)83-56)92-59(25-81-38(67)18-12-28-8-14-31(65)15-9-28)53(43(72)35(22-62)91-59)90-54(78)30-6-4-3-5-7-30/h3-19,33-37,40-53,55-58,60-62,65-66,69-77H,20-25H2,1-2H3. The molecule has 24 unspecified atom stereocenters. The van der Waals surface area contributed by atoms with Crippen LogP contribution in [-0.2, 0) is 85.5 Å². The van der Waals surface area contributed by atoms with Gasteiger partial charge in [-0.15, -0.1) is 0 Å². The zero-order valence-corrected chi connectivity index (χ0v) is 48.9. The molecule has 24 atom stereocenters. The van der Waals surface area contributed by atoms with Crippen LogP contribution < -0.4 is 0 Å². The molecule has 0 saturated carbocycles. The van der Waals surface area contributed by atoms with Gasteiger partial charge < -0.3 is 138 Å². The molecule has 0 radical (unpaired) electrons. The maximum absolute atomic E-state index is 14.3. The van der Waals surface area contributed by atoms with Crippen LogP contribution in [0.3, 0.4) is 0 Å². The van der Waals surface area contributed by atoms with Crippen molar-refractivity contribution in [3.63, 3.8) is 0 Å². The highest BCUT2D eigenvalue weighted by atomic mass is 16.8. The molecule has 5 aliphatic heterocycles. The fourth-order valence-electron chi connectivity index (χ4n) is 10.3. The van der Waals surface area contributed by atoms with E-state index in [-0.39, 0.29) is 17.1 Å². The lowest BCUT2D eigenvalue weighted by Gasteiger charge is -2.51. The normalized spacial score (nSPS) is 36.5. The molecular weight excluding hydrogens is 1240 g/mol. The Bertz CT molecular complexity index is 2970. The number of benzene rings is 3. The first-order chi connectivity index (χ1) is 43.8. The maximum Gasteiger partial charge on any atom is 0.338 e. The minimum Gasteiger partial charge on any atom is -0.508 e. The van der Waals surface area contributed by atoms with Gasteiger partial charge in [0, 0.05) is 26.0 Å². The highest BCUT2D eigenvalue weighted by Gasteiger charge is 2.64. The van der Waals surface area contributed by atoms with Gasteiger partial charge in [-0.3, -0.25) is 9.59 Å². The first-order valence-corrected chi connectivity index (χ1v) is 28.6. The van der Waals surface area contributed by atoms with E-state index in [0.717, 1.165) is 26.0 Å². The SMILES string of the molecule is CC(=O)OCC1OC(OC2C(OC(=O)C=Cc3ccc(O)cc3)C(COC(C)=O)OC(OC3(COC(=O)C=Cc4ccc(O)cc4)OC(CO)C(O)C3OC(=O)c3ccccc3)C2OC2OC(CO)C(O)C(O)C2O)C(O)C(OC2OC(CO)C(O)C(O)C2O)C1O. The van der Waals surface area contributed by atoms with E-state index in [0.29, 0.717) is 11.1 Å². The van der Waals surface area contributed by atoms with Gasteiger partial charge in [-0.1, -0.05) is 42.5 Å². The van der Waals surface area contributed by atoms with Gasteiger partial charge in [0.2, 0.25) is 5.79 Å². The molecule has 92 heavy (non-hydrogen) atoms. The van der Waals surface area contributed by atoms with Gasteiger partial charge >= 0.3 is 29.8 Å². The van der Waals surface area contributed by atoms with Crippen molar-refractivity contribution in [2.45, 2.75) is 161 Å².